The van der Waals surface area contributed by atoms with E-state index in [2.05, 4.69) is 15.6 Å². The Kier molecular flexibility index (Phi) is 3.37. The lowest BCUT2D eigenvalue weighted by Crippen LogP contribution is -2.40. The van der Waals surface area contributed by atoms with Crippen LogP contribution in [0.1, 0.15) is 18.5 Å². The first-order valence-corrected chi connectivity index (χ1v) is 5.66. The first kappa shape index (κ1) is 11.6. The molecule has 0 aromatic carbocycles. The SMILES string of the molecule is Cc1ncccc1NC(=O)C1CCC(=O)NC1. The third-order valence-electron chi connectivity index (χ3n) is 2.90. The van der Waals surface area contributed by atoms with Crippen molar-refractivity contribution < 1.29 is 9.59 Å². The summed E-state index contributed by atoms with van der Waals surface area (Å²) in [5, 5.41) is 5.54. The highest BCUT2D eigenvalue weighted by atomic mass is 16.2. The van der Waals surface area contributed by atoms with Gasteiger partial charge in [-0.1, -0.05) is 0 Å². The van der Waals surface area contributed by atoms with E-state index in [9.17, 15) is 9.59 Å². The van der Waals surface area contributed by atoms with Crippen LogP contribution in [0.2, 0.25) is 0 Å². The van der Waals surface area contributed by atoms with E-state index >= 15 is 0 Å². The molecule has 2 heterocycles. The van der Waals surface area contributed by atoms with Crippen molar-refractivity contribution in [3.8, 4) is 0 Å². The summed E-state index contributed by atoms with van der Waals surface area (Å²) in [5.74, 6) is -0.181. The number of carbonyl (C=O) groups is 2. The van der Waals surface area contributed by atoms with Crippen LogP contribution in [-0.4, -0.2) is 23.3 Å². The van der Waals surface area contributed by atoms with Crippen LogP contribution in [0.3, 0.4) is 0 Å². The standard InChI is InChI=1S/C12H15N3O2/c1-8-10(3-2-6-13-8)15-12(17)9-4-5-11(16)14-7-9/h2-3,6,9H,4-5,7H2,1H3,(H,14,16)(H,15,17). The van der Waals surface area contributed by atoms with Gasteiger partial charge in [-0.05, 0) is 25.5 Å². The molecular formula is C12H15N3O2. The van der Waals surface area contributed by atoms with Crippen molar-refractivity contribution in [3.63, 3.8) is 0 Å². The van der Waals surface area contributed by atoms with Gasteiger partial charge in [-0.25, -0.2) is 0 Å². The molecule has 0 spiro atoms. The Morgan fingerprint density at radius 1 is 1.59 bits per heavy atom. The van der Waals surface area contributed by atoms with Gasteiger partial charge in [-0.3, -0.25) is 14.6 Å². The number of hydrogen-bond acceptors (Lipinski definition) is 3. The quantitative estimate of drug-likeness (QED) is 0.795. The molecule has 17 heavy (non-hydrogen) atoms. The van der Waals surface area contributed by atoms with Gasteiger partial charge in [-0.15, -0.1) is 0 Å². The highest BCUT2D eigenvalue weighted by molar-refractivity contribution is 5.94. The number of carbonyl (C=O) groups excluding carboxylic acids is 2. The van der Waals surface area contributed by atoms with Crippen LogP contribution in [0.5, 0.6) is 0 Å². The number of aromatic nitrogens is 1. The van der Waals surface area contributed by atoms with Gasteiger partial charge in [0.2, 0.25) is 11.8 Å². The average molecular weight is 233 g/mol. The molecule has 1 aromatic rings. The molecule has 2 rings (SSSR count). The number of anilines is 1. The molecule has 0 aliphatic carbocycles. The second-order valence-corrected chi connectivity index (χ2v) is 4.17. The molecule has 0 radical (unpaired) electrons. The Morgan fingerprint density at radius 3 is 3.06 bits per heavy atom. The van der Waals surface area contributed by atoms with Crippen molar-refractivity contribution in [3.05, 3.63) is 24.0 Å². The molecule has 1 aliphatic heterocycles. The van der Waals surface area contributed by atoms with Crippen molar-refractivity contribution in [1.29, 1.82) is 0 Å². The van der Waals surface area contributed by atoms with Gasteiger partial charge >= 0.3 is 0 Å². The van der Waals surface area contributed by atoms with Gasteiger partial charge in [0, 0.05) is 19.2 Å². The maximum atomic E-state index is 11.9. The summed E-state index contributed by atoms with van der Waals surface area (Å²) in [6, 6.07) is 3.60. The number of aryl methyl sites for hydroxylation is 1. The Morgan fingerprint density at radius 2 is 2.41 bits per heavy atom. The van der Waals surface area contributed by atoms with Crippen molar-refractivity contribution >= 4 is 17.5 Å². The smallest absolute Gasteiger partial charge is 0.229 e. The number of nitrogens with one attached hydrogen (secondary N) is 2. The fourth-order valence-electron chi connectivity index (χ4n) is 1.81. The monoisotopic (exact) mass is 233 g/mol. The van der Waals surface area contributed by atoms with Crippen LogP contribution in [0.4, 0.5) is 5.69 Å². The molecule has 90 valence electrons. The third kappa shape index (κ3) is 2.81. The second-order valence-electron chi connectivity index (χ2n) is 4.17. The number of amides is 2. The van der Waals surface area contributed by atoms with Gasteiger partial charge in [-0.2, -0.15) is 0 Å². The van der Waals surface area contributed by atoms with E-state index in [1.165, 1.54) is 0 Å². The zero-order valence-corrected chi connectivity index (χ0v) is 9.69. The lowest BCUT2D eigenvalue weighted by atomic mass is 9.98. The first-order valence-electron chi connectivity index (χ1n) is 5.66. The summed E-state index contributed by atoms with van der Waals surface area (Å²) < 4.78 is 0. The molecule has 0 saturated carbocycles. The van der Waals surface area contributed by atoms with Crippen LogP contribution >= 0.6 is 0 Å². The fraction of sp³-hybridized carbons (Fsp3) is 0.417. The minimum atomic E-state index is -0.146. The van der Waals surface area contributed by atoms with E-state index in [1.54, 1.807) is 12.3 Å². The Hall–Kier alpha value is -1.91. The molecule has 2 amide bonds. The molecule has 1 unspecified atom stereocenters. The van der Waals surface area contributed by atoms with E-state index in [4.69, 9.17) is 0 Å². The maximum Gasteiger partial charge on any atom is 0.229 e. The summed E-state index contributed by atoms with van der Waals surface area (Å²) in [6.07, 6.45) is 2.72. The van der Waals surface area contributed by atoms with Crippen LogP contribution < -0.4 is 10.6 Å². The largest absolute Gasteiger partial charge is 0.355 e. The second kappa shape index (κ2) is 4.95. The molecule has 5 heteroatoms. The van der Waals surface area contributed by atoms with E-state index in [1.807, 2.05) is 13.0 Å². The van der Waals surface area contributed by atoms with Crippen LogP contribution in [-0.2, 0) is 9.59 Å². The summed E-state index contributed by atoms with van der Waals surface area (Å²) in [7, 11) is 0. The Balaban J connectivity index is 1.98. The number of hydrogen-bond donors (Lipinski definition) is 2. The molecule has 1 atom stereocenters. The van der Waals surface area contributed by atoms with E-state index in [-0.39, 0.29) is 17.7 Å². The number of rotatable bonds is 2. The predicted octanol–water partition coefficient (Wildman–Crippen LogP) is 0.855. The van der Waals surface area contributed by atoms with E-state index < -0.39 is 0 Å². The van der Waals surface area contributed by atoms with Crippen molar-refractivity contribution in [2.45, 2.75) is 19.8 Å². The molecule has 1 saturated heterocycles. The van der Waals surface area contributed by atoms with Crippen molar-refractivity contribution in [1.82, 2.24) is 10.3 Å². The van der Waals surface area contributed by atoms with E-state index in [0.717, 1.165) is 11.4 Å². The molecule has 1 fully saturated rings. The predicted molar refractivity (Wildman–Crippen MR) is 63.3 cm³/mol. The lowest BCUT2D eigenvalue weighted by Gasteiger charge is -2.21. The zero-order chi connectivity index (χ0) is 12.3. The van der Waals surface area contributed by atoms with Gasteiger partial charge in [0.15, 0.2) is 0 Å². The number of piperidine rings is 1. The normalized spacial score (nSPS) is 19.6. The van der Waals surface area contributed by atoms with Crippen LogP contribution in [0, 0.1) is 12.8 Å². The van der Waals surface area contributed by atoms with Gasteiger partial charge in [0.1, 0.15) is 0 Å². The molecule has 1 aliphatic rings. The van der Waals surface area contributed by atoms with Crippen molar-refractivity contribution in [2.24, 2.45) is 5.92 Å². The van der Waals surface area contributed by atoms with Crippen molar-refractivity contribution in [2.75, 3.05) is 11.9 Å². The minimum Gasteiger partial charge on any atom is -0.355 e. The maximum absolute atomic E-state index is 11.9. The molecule has 5 nitrogen and oxygen atoms in total. The minimum absolute atomic E-state index is 0.0200. The Labute approximate surface area is 99.6 Å². The van der Waals surface area contributed by atoms with Gasteiger partial charge in [0.25, 0.3) is 0 Å². The molecular weight excluding hydrogens is 218 g/mol. The third-order valence-corrected chi connectivity index (χ3v) is 2.90. The summed E-state index contributed by atoms with van der Waals surface area (Å²) in [6.45, 7) is 2.27. The summed E-state index contributed by atoms with van der Waals surface area (Å²) in [4.78, 5) is 27.0. The summed E-state index contributed by atoms with van der Waals surface area (Å²) in [5.41, 5.74) is 1.52. The molecule has 0 bridgehead atoms. The average Bonchev–Trinajstić information content (AvgIpc) is 2.33. The van der Waals surface area contributed by atoms with Gasteiger partial charge in [0.05, 0.1) is 17.3 Å². The first-order chi connectivity index (χ1) is 8.16. The Bertz CT molecular complexity index is 435. The highest BCUT2D eigenvalue weighted by Gasteiger charge is 2.24. The topological polar surface area (TPSA) is 71.1 Å². The van der Waals surface area contributed by atoms with Crippen LogP contribution in [0.25, 0.3) is 0 Å². The lowest BCUT2D eigenvalue weighted by molar-refractivity contribution is -0.126. The zero-order valence-electron chi connectivity index (χ0n) is 9.69. The number of nitrogens with zero attached hydrogens (tertiary/aromatic N) is 1. The van der Waals surface area contributed by atoms with Crippen LogP contribution in [0.15, 0.2) is 18.3 Å². The number of pyridine rings is 1. The summed E-state index contributed by atoms with van der Waals surface area (Å²) >= 11 is 0. The van der Waals surface area contributed by atoms with E-state index in [0.29, 0.717) is 19.4 Å². The fourth-order valence-corrected chi connectivity index (χ4v) is 1.81. The van der Waals surface area contributed by atoms with Gasteiger partial charge < -0.3 is 10.6 Å². The molecule has 2 N–H and O–H groups in total. The highest BCUT2D eigenvalue weighted by Crippen LogP contribution is 2.16. The molecule has 1 aromatic heterocycles.